The molecule has 4 nitrogen and oxygen atoms in total. The van der Waals surface area contributed by atoms with Crippen LogP contribution in [-0.4, -0.2) is 31.7 Å². The van der Waals surface area contributed by atoms with Gasteiger partial charge >= 0.3 is 0 Å². The van der Waals surface area contributed by atoms with Crippen LogP contribution in [0.2, 0.25) is 5.15 Å². The third-order valence-corrected chi connectivity index (χ3v) is 4.68. The Morgan fingerprint density at radius 2 is 1.94 bits per heavy atom. The third-order valence-electron chi connectivity index (χ3n) is 2.93. The molecule has 2 rings (SSSR count). The number of nitrogens with zero attached hydrogens (tertiary/aromatic N) is 2. The smallest absolute Gasteiger partial charge is 0.137 e. The molecule has 1 saturated heterocycles. The molecule has 0 bridgehead atoms. The maximum absolute atomic E-state index is 11.3. The lowest BCUT2D eigenvalue weighted by Gasteiger charge is -2.24. The Bertz CT molecular complexity index is 443. The Labute approximate surface area is 109 Å². The van der Waals surface area contributed by atoms with Crippen LogP contribution in [-0.2, 0) is 10.8 Å². The lowest BCUT2D eigenvalue weighted by molar-refractivity contribution is 0.621. The van der Waals surface area contributed by atoms with Gasteiger partial charge in [-0.05, 0) is 26.7 Å². The molecule has 6 heteroatoms. The summed E-state index contributed by atoms with van der Waals surface area (Å²) in [5, 5.41) is 3.88. The molecule has 1 aliphatic rings. The number of hydrogen-bond acceptors (Lipinski definition) is 4. The van der Waals surface area contributed by atoms with Crippen molar-refractivity contribution in [2.24, 2.45) is 0 Å². The lowest BCUT2D eigenvalue weighted by atomic mass is 10.1. The Kier molecular flexibility index (Phi) is 3.99. The van der Waals surface area contributed by atoms with Crippen LogP contribution >= 0.6 is 11.6 Å². The molecule has 0 saturated carbocycles. The summed E-state index contributed by atoms with van der Waals surface area (Å²) in [6.07, 6.45) is 1.85. The van der Waals surface area contributed by atoms with Gasteiger partial charge in [-0.1, -0.05) is 11.6 Å². The molecule has 0 aliphatic carbocycles. The summed E-state index contributed by atoms with van der Waals surface area (Å²) in [7, 11) is -0.632. The molecular formula is C11H16ClN3OS. The van der Waals surface area contributed by atoms with Crippen LogP contribution in [0.25, 0.3) is 0 Å². The maximum atomic E-state index is 11.3. The molecule has 0 unspecified atom stereocenters. The summed E-state index contributed by atoms with van der Waals surface area (Å²) in [5.74, 6) is 3.02. The quantitative estimate of drug-likeness (QED) is 0.838. The fourth-order valence-electron chi connectivity index (χ4n) is 1.87. The normalized spacial score (nSPS) is 24.6. The summed E-state index contributed by atoms with van der Waals surface area (Å²) in [4.78, 5) is 8.47. The highest BCUT2D eigenvalue weighted by Crippen LogP contribution is 2.22. The SMILES string of the molecule is Cc1nc(Cl)c(C)c(NC2CCS(=O)CC2)n1. The predicted molar refractivity (Wildman–Crippen MR) is 71.0 cm³/mol. The second-order valence-electron chi connectivity index (χ2n) is 4.30. The van der Waals surface area contributed by atoms with Crippen molar-refractivity contribution in [3.63, 3.8) is 0 Å². The Morgan fingerprint density at radius 3 is 2.59 bits per heavy atom. The third kappa shape index (κ3) is 3.16. The number of nitrogens with one attached hydrogen (secondary N) is 1. The van der Waals surface area contributed by atoms with Crippen molar-refractivity contribution in [3.8, 4) is 0 Å². The second-order valence-corrected chi connectivity index (χ2v) is 6.36. The molecule has 1 N–H and O–H groups in total. The van der Waals surface area contributed by atoms with Crippen molar-refractivity contribution in [2.45, 2.75) is 32.7 Å². The highest BCUT2D eigenvalue weighted by atomic mass is 35.5. The first-order chi connectivity index (χ1) is 8.06. The molecule has 0 radical (unpaired) electrons. The van der Waals surface area contributed by atoms with E-state index >= 15 is 0 Å². The first-order valence-electron chi connectivity index (χ1n) is 5.68. The fraction of sp³-hybridized carbons (Fsp3) is 0.636. The van der Waals surface area contributed by atoms with Crippen molar-refractivity contribution >= 4 is 28.2 Å². The summed E-state index contributed by atoms with van der Waals surface area (Å²) in [6.45, 7) is 3.73. The topological polar surface area (TPSA) is 54.9 Å². The zero-order chi connectivity index (χ0) is 12.4. The van der Waals surface area contributed by atoms with Gasteiger partial charge in [0.05, 0.1) is 0 Å². The van der Waals surface area contributed by atoms with Crippen molar-refractivity contribution in [1.82, 2.24) is 9.97 Å². The van der Waals surface area contributed by atoms with E-state index in [1.807, 2.05) is 13.8 Å². The van der Waals surface area contributed by atoms with Crippen LogP contribution < -0.4 is 5.32 Å². The minimum absolute atomic E-state index is 0.344. The van der Waals surface area contributed by atoms with E-state index in [0.717, 1.165) is 35.7 Å². The lowest BCUT2D eigenvalue weighted by Crippen LogP contribution is -2.30. The van der Waals surface area contributed by atoms with Crippen LogP contribution in [0.5, 0.6) is 0 Å². The minimum atomic E-state index is -0.632. The number of aryl methyl sites for hydroxylation is 1. The number of halogens is 1. The monoisotopic (exact) mass is 273 g/mol. The van der Waals surface area contributed by atoms with Crippen molar-refractivity contribution < 1.29 is 4.21 Å². The minimum Gasteiger partial charge on any atom is -0.367 e. The molecule has 0 spiro atoms. The first-order valence-corrected chi connectivity index (χ1v) is 7.55. The maximum Gasteiger partial charge on any atom is 0.137 e. The van der Waals surface area contributed by atoms with E-state index in [1.165, 1.54) is 0 Å². The summed E-state index contributed by atoms with van der Waals surface area (Å²) >= 11 is 6.02. The van der Waals surface area contributed by atoms with E-state index < -0.39 is 10.8 Å². The molecule has 0 amide bonds. The largest absolute Gasteiger partial charge is 0.367 e. The zero-order valence-electron chi connectivity index (χ0n) is 9.99. The van der Waals surface area contributed by atoms with E-state index in [4.69, 9.17) is 11.6 Å². The number of hydrogen-bond donors (Lipinski definition) is 1. The van der Waals surface area contributed by atoms with Crippen molar-refractivity contribution in [2.75, 3.05) is 16.8 Å². The Hall–Kier alpha value is -0.680. The Balaban J connectivity index is 2.10. The number of anilines is 1. The van der Waals surface area contributed by atoms with Gasteiger partial charge in [0.25, 0.3) is 0 Å². The van der Waals surface area contributed by atoms with E-state index in [9.17, 15) is 4.21 Å². The molecule has 0 atom stereocenters. The number of aromatic nitrogens is 2. The summed E-state index contributed by atoms with van der Waals surface area (Å²) in [6, 6.07) is 0.344. The molecule has 1 aliphatic heterocycles. The van der Waals surface area contributed by atoms with E-state index in [-0.39, 0.29) is 0 Å². The van der Waals surface area contributed by atoms with Gasteiger partial charge < -0.3 is 5.32 Å². The molecule has 2 heterocycles. The Morgan fingerprint density at radius 1 is 1.29 bits per heavy atom. The van der Waals surface area contributed by atoms with Gasteiger partial charge in [0.1, 0.15) is 16.8 Å². The molecular weight excluding hydrogens is 258 g/mol. The second kappa shape index (κ2) is 5.31. The van der Waals surface area contributed by atoms with Gasteiger partial charge in [-0.15, -0.1) is 0 Å². The molecule has 17 heavy (non-hydrogen) atoms. The van der Waals surface area contributed by atoms with Crippen molar-refractivity contribution in [3.05, 3.63) is 16.5 Å². The van der Waals surface area contributed by atoms with Gasteiger partial charge in [0, 0.05) is 33.9 Å². The van der Waals surface area contributed by atoms with Gasteiger partial charge in [-0.25, -0.2) is 9.97 Å². The van der Waals surface area contributed by atoms with Gasteiger partial charge in [0.15, 0.2) is 0 Å². The molecule has 1 aromatic rings. The van der Waals surface area contributed by atoms with Crippen LogP contribution in [0.3, 0.4) is 0 Å². The summed E-state index contributed by atoms with van der Waals surface area (Å²) in [5.41, 5.74) is 0.879. The van der Waals surface area contributed by atoms with E-state index in [2.05, 4.69) is 15.3 Å². The van der Waals surface area contributed by atoms with Gasteiger partial charge in [-0.2, -0.15) is 0 Å². The molecule has 0 aromatic carbocycles. The average Bonchev–Trinajstić information content (AvgIpc) is 2.28. The predicted octanol–water partition coefficient (Wildman–Crippen LogP) is 2.07. The van der Waals surface area contributed by atoms with Crippen molar-refractivity contribution in [1.29, 1.82) is 0 Å². The van der Waals surface area contributed by atoms with E-state index in [0.29, 0.717) is 17.0 Å². The zero-order valence-corrected chi connectivity index (χ0v) is 11.6. The van der Waals surface area contributed by atoms with E-state index in [1.54, 1.807) is 0 Å². The highest BCUT2D eigenvalue weighted by molar-refractivity contribution is 7.85. The van der Waals surface area contributed by atoms with Crippen LogP contribution in [0, 0.1) is 13.8 Å². The van der Waals surface area contributed by atoms with Gasteiger partial charge in [-0.3, -0.25) is 4.21 Å². The highest BCUT2D eigenvalue weighted by Gasteiger charge is 2.19. The van der Waals surface area contributed by atoms with Gasteiger partial charge in [0.2, 0.25) is 0 Å². The van der Waals surface area contributed by atoms with Crippen LogP contribution in [0.15, 0.2) is 0 Å². The number of rotatable bonds is 2. The standard InChI is InChI=1S/C11H16ClN3OS/c1-7-10(12)13-8(2)14-11(7)15-9-3-5-17(16)6-4-9/h9H,3-6H2,1-2H3,(H,13,14,15). The summed E-state index contributed by atoms with van der Waals surface area (Å²) < 4.78 is 11.3. The van der Waals surface area contributed by atoms with Crippen LogP contribution in [0.1, 0.15) is 24.2 Å². The molecule has 1 aromatic heterocycles. The van der Waals surface area contributed by atoms with Crippen LogP contribution in [0.4, 0.5) is 5.82 Å². The first kappa shape index (κ1) is 12.8. The molecule has 94 valence electrons. The average molecular weight is 274 g/mol. The fourth-order valence-corrected chi connectivity index (χ4v) is 3.38. The molecule has 1 fully saturated rings.